The fraction of sp³-hybridized carbons (Fsp3) is 0.278. The topological polar surface area (TPSA) is 60.2 Å². The lowest BCUT2D eigenvalue weighted by Crippen LogP contribution is -2.53. The molecule has 1 atom stereocenters. The molecule has 0 spiro atoms. The lowest BCUT2D eigenvalue weighted by Gasteiger charge is -2.38. The van der Waals surface area contributed by atoms with Gasteiger partial charge in [-0.05, 0) is 25.1 Å². The smallest absolute Gasteiger partial charge is 0.299 e. The first-order chi connectivity index (χ1) is 11.7. The molecule has 1 aromatic carbocycles. The Labute approximate surface area is 145 Å². The molecule has 2 heterocycles. The van der Waals surface area contributed by atoms with Crippen molar-refractivity contribution >= 4 is 22.4 Å². The maximum Gasteiger partial charge on any atom is 0.299 e. The van der Waals surface area contributed by atoms with Crippen molar-refractivity contribution < 1.29 is 4.79 Å². The number of benzene rings is 1. The average molecular weight is 336 g/mol. The molecule has 1 aliphatic rings. The summed E-state index contributed by atoms with van der Waals surface area (Å²) in [6.45, 7) is 4.17. The van der Waals surface area contributed by atoms with Gasteiger partial charge in [0.05, 0.1) is 11.6 Å². The second-order valence-corrected chi connectivity index (χ2v) is 6.42. The summed E-state index contributed by atoms with van der Waals surface area (Å²) in [5.41, 5.74) is 1.22. The first kappa shape index (κ1) is 16.0. The third kappa shape index (κ3) is 3.56. The van der Waals surface area contributed by atoms with E-state index in [1.165, 1.54) is 0 Å². The van der Waals surface area contributed by atoms with Crippen LogP contribution in [0.1, 0.15) is 18.1 Å². The molecule has 0 bridgehead atoms. The van der Waals surface area contributed by atoms with Crippen molar-refractivity contribution in [3.8, 4) is 17.9 Å². The predicted molar refractivity (Wildman–Crippen MR) is 93.5 cm³/mol. The van der Waals surface area contributed by atoms with Gasteiger partial charge in [0.25, 0.3) is 5.91 Å². The van der Waals surface area contributed by atoms with E-state index in [0.717, 1.165) is 18.2 Å². The lowest BCUT2D eigenvalue weighted by atomic mass is 10.1. The van der Waals surface area contributed by atoms with Gasteiger partial charge in [-0.25, -0.2) is 4.98 Å². The third-order valence-electron chi connectivity index (χ3n) is 3.88. The molecule has 24 heavy (non-hydrogen) atoms. The number of nitriles is 1. The van der Waals surface area contributed by atoms with Crippen molar-refractivity contribution in [1.82, 2.24) is 9.88 Å². The van der Waals surface area contributed by atoms with Gasteiger partial charge in [-0.3, -0.25) is 4.79 Å². The van der Waals surface area contributed by atoms with E-state index < -0.39 is 0 Å². The van der Waals surface area contributed by atoms with Crippen molar-refractivity contribution in [2.45, 2.75) is 13.0 Å². The molecule has 3 rings (SSSR count). The van der Waals surface area contributed by atoms with E-state index in [0.29, 0.717) is 17.7 Å². The van der Waals surface area contributed by atoms with Crippen LogP contribution < -0.4 is 4.90 Å². The number of thiazole rings is 1. The van der Waals surface area contributed by atoms with Crippen molar-refractivity contribution in [2.75, 3.05) is 24.5 Å². The van der Waals surface area contributed by atoms with Crippen LogP contribution in [-0.2, 0) is 4.79 Å². The van der Waals surface area contributed by atoms with Crippen LogP contribution in [0.3, 0.4) is 0 Å². The fourth-order valence-electron chi connectivity index (χ4n) is 2.67. The van der Waals surface area contributed by atoms with E-state index in [9.17, 15) is 4.79 Å². The van der Waals surface area contributed by atoms with Crippen molar-refractivity contribution in [1.29, 1.82) is 5.26 Å². The SMILES string of the molecule is CC1CN(c2nccs2)CCN1C(=O)C#Cc1cccc(C#N)c1. The molecular weight excluding hydrogens is 320 g/mol. The largest absolute Gasteiger partial charge is 0.344 e. The minimum absolute atomic E-state index is 0.0786. The molecule has 1 fully saturated rings. The number of carbonyl (C=O) groups excluding carboxylic acids is 1. The first-order valence-electron chi connectivity index (χ1n) is 7.64. The van der Waals surface area contributed by atoms with Gasteiger partial charge in [-0.1, -0.05) is 12.0 Å². The fourth-order valence-corrected chi connectivity index (χ4v) is 3.35. The Morgan fingerprint density at radius 2 is 2.21 bits per heavy atom. The molecular formula is C18H16N4OS. The Hall–Kier alpha value is -2.83. The van der Waals surface area contributed by atoms with Crippen LogP contribution >= 0.6 is 11.3 Å². The highest BCUT2D eigenvalue weighted by molar-refractivity contribution is 7.13. The molecule has 1 aliphatic heterocycles. The molecule has 1 aromatic heterocycles. The summed E-state index contributed by atoms with van der Waals surface area (Å²) < 4.78 is 0. The van der Waals surface area contributed by atoms with Gasteiger partial charge in [0, 0.05) is 48.7 Å². The Balaban J connectivity index is 1.66. The Morgan fingerprint density at radius 3 is 2.92 bits per heavy atom. The van der Waals surface area contributed by atoms with E-state index in [4.69, 9.17) is 5.26 Å². The number of nitrogens with zero attached hydrogens (tertiary/aromatic N) is 4. The normalized spacial score (nSPS) is 16.9. The van der Waals surface area contributed by atoms with Gasteiger partial charge >= 0.3 is 0 Å². The van der Waals surface area contributed by atoms with Gasteiger partial charge in [-0.15, -0.1) is 11.3 Å². The Bertz CT molecular complexity index is 829. The van der Waals surface area contributed by atoms with Crippen molar-refractivity contribution in [2.24, 2.45) is 0 Å². The molecule has 2 aromatic rings. The highest BCUT2D eigenvalue weighted by Crippen LogP contribution is 2.21. The Morgan fingerprint density at radius 1 is 1.38 bits per heavy atom. The zero-order valence-corrected chi connectivity index (χ0v) is 14.1. The maximum atomic E-state index is 12.4. The number of aromatic nitrogens is 1. The minimum Gasteiger partial charge on any atom is -0.344 e. The van der Waals surface area contributed by atoms with Gasteiger partial charge < -0.3 is 9.80 Å². The number of anilines is 1. The van der Waals surface area contributed by atoms with Crippen LogP contribution in [0.4, 0.5) is 5.13 Å². The molecule has 0 saturated carbocycles. The predicted octanol–water partition coefficient (Wildman–Crippen LogP) is 2.10. The summed E-state index contributed by atoms with van der Waals surface area (Å²) in [5.74, 6) is 5.38. The van der Waals surface area contributed by atoms with E-state index in [1.54, 1.807) is 46.7 Å². The molecule has 120 valence electrons. The minimum atomic E-state index is -0.177. The summed E-state index contributed by atoms with van der Waals surface area (Å²) in [7, 11) is 0. The van der Waals surface area contributed by atoms with Crippen LogP contribution in [0, 0.1) is 23.2 Å². The van der Waals surface area contributed by atoms with Crippen LogP contribution in [0.25, 0.3) is 0 Å². The molecule has 0 N–H and O–H groups in total. The third-order valence-corrected chi connectivity index (χ3v) is 4.72. The second kappa shape index (κ2) is 7.16. The number of hydrogen-bond acceptors (Lipinski definition) is 5. The van der Waals surface area contributed by atoms with Crippen LogP contribution in [0.5, 0.6) is 0 Å². The van der Waals surface area contributed by atoms with Crippen LogP contribution in [-0.4, -0.2) is 41.5 Å². The van der Waals surface area contributed by atoms with E-state index in [1.807, 2.05) is 12.3 Å². The monoisotopic (exact) mass is 336 g/mol. The average Bonchev–Trinajstić information content (AvgIpc) is 3.14. The highest BCUT2D eigenvalue weighted by Gasteiger charge is 2.27. The Kier molecular flexibility index (Phi) is 4.79. The first-order valence-corrected chi connectivity index (χ1v) is 8.52. The van der Waals surface area contributed by atoms with Crippen LogP contribution in [0.15, 0.2) is 35.8 Å². The number of amides is 1. The quantitative estimate of drug-likeness (QED) is 0.748. The number of hydrogen-bond donors (Lipinski definition) is 0. The number of carbonyl (C=O) groups is 1. The summed E-state index contributed by atoms with van der Waals surface area (Å²) in [5, 5.41) is 11.8. The summed E-state index contributed by atoms with van der Waals surface area (Å²) in [6, 6.07) is 9.11. The van der Waals surface area contributed by atoms with E-state index >= 15 is 0 Å². The van der Waals surface area contributed by atoms with Gasteiger partial charge in [0.15, 0.2) is 5.13 Å². The lowest BCUT2D eigenvalue weighted by molar-refractivity contribution is -0.127. The summed E-state index contributed by atoms with van der Waals surface area (Å²) >= 11 is 1.61. The molecule has 1 saturated heterocycles. The summed E-state index contributed by atoms with van der Waals surface area (Å²) in [4.78, 5) is 20.7. The molecule has 0 aliphatic carbocycles. The highest BCUT2D eigenvalue weighted by atomic mass is 32.1. The van der Waals surface area contributed by atoms with Gasteiger partial charge in [-0.2, -0.15) is 5.26 Å². The van der Waals surface area contributed by atoms with Crippen LogP contribution in [0.2, 0.25) is 0 Å². The summed E-state index contributed by atoms with van der Waals surface area (Å²) in [6.07, 6.45) is 1.79. The standard InChI is InChI=1S/C18H16N4OS/c1-14-13-21(18-20-7-10-24-18)8-9-22(14)17(23)6-5-15-3-2-4-16(11-15)12-19/h2-4,7,10-11,14H,8-9,13H2,1H3. The molecule has 5 nitrogen and oxygen atoms in total. The molecule has 1 amide bonds. The number of piperazine rings is 1. The van der Waals surface area contributed by atoms with E-state index in [2.05, 4.69) is 27.8 Å². The van der Waals surface area contributed by atoms with Gasteiger partial charge in [0.2, 0.25) is 0 Å². The van der Waals surface area contributed by atoms with Gasteiger partial charge in [0.1, 0.15) is 0 Å². The molecule has 1 unspecified atom stereocenters. The molecule has 0 radical (unpaired) electrons. The maximum absolute atomic E-state index is 12.4. The van der Waals surface area contributed by atoms with E-state index in [-0.39, 0.29) is 11.9 Å². The second-order valence-electron chi connectivity index (χ2n) is 5.55. The zero-order chi connectivity index (χ0) is 16.9. The number of rotatable bonds is 1. The zero-order valence-electron chi connectivity index (χ0n) is 13.3. The van der Waals surface area contributed by atoms with Crippen molar-refractivity contribution in [3.63, 3.8) is 0 Å². The molecule has 6 heteroatoms. The van der Waals surface area contributed by atoms with Crippen molar-refractivity contribution in [3.05, 3.63) is 47.0 Å².